The fourth-order valence-corrected chi connectivity index (χ4v) is 3.37. The molecule has 5 nitrogen and oxygen atoms in total. The van der Waals surface area contributed by atoms with Gasteiger partial charge in [0.15, 0.2) is 0 Å². The molecule has 1 heterocycles. The van der Waals surface area contributed by atoms with Crippen LogP contribution in [-0.2, 0) is 9.59 Å². The Morgan fingerprint density at radius 1 is 1.10 bits per heavy atom. The summed E-state index contributed by atoms with van der Waals surface area (Å²) in [4.78, 5) is 37.1. The second-order valence-electron chi connectivity index (χ2n) is 6.40. The molecule has 2 aliphatic rings. The summed E-state index contributed by atoms with van der Waals surface area (Å²) in [7, 11) is 0. The zero-order valence-electron chi connectivity index (χ0n) is 13.0. The van der Waals surface area contributed by atoms with E-state index in [-0.39, 0.29) is 17.7 Å². The van der Waals surface area contributed by atoms with Gasteiger partial charge in [-0.15, -0.1) is 0 Å². The first kappa shape index (κ1) is 16.0. The topological polar surface area (TPSA) is 66.5 Å². The Labute approximate surface area is 126 Å². The third kappa shape index (κ3) is 3.83. The summed E-state index contributed by atoms with van der Waals surface area (Å²) in [5.41, 5.74) is -0.641. The predicted molar refractivity (Wildman–Crippen MR) is 79.8 cm³/mol. The van der Waals surface area contributed by atoms with Gasteiger partial charge in [0.2, 0.25) is 0 Å². The van der Waals surface area contributed by atoms with E-state index < -0.39 is 5.54 Å². The van der Waals surface area contributed by atoms with Crippen LogP contribution in [-0.4, -0.2) is 34.7 Å². The number of Topliss-reactive ketones (excluding diaryl/α,β-unsaturated/α-hetero) is 1. The van der Waals surface area contributed by atoms with Crippen LogP contribution in [0.25, 0.3) is 0 Å². The highest BCUT2D eigenvalue weighted by Gasteiger charge is 2.49. The molecule has 2 rings (SSSR count). The van der Waals surface area contributed by atoms with Crippen molar-refractivity contribution in [3.63, 3.8) is 0 Å². The zero-order valence-corrected chi connectivity index (χ0v) is 13.0. The molecule has 1 spiro atoms. The van der Waals surface area contributed by atoms with Gasteiger partial charge in [-0.3, -0.25) is 9.69 Å². The smallest absolute Gasteiger partial charge is 0.323 e. The Balaban J connectivity index is 1.93. The number of carbonyl (C=O) groups is 3. The molecule has 2 fully saturated rings. The van der Waals surface area contributed by atoms with Gasteiger partial charge in [-0.25, -0.2) is 4.79 Å². The lowest BCUT2D eigenvalue weighted by molar-refractivity contribution is -0.132. The molecule has 1 saturated heterocycles. The maximum Gasteiger partial charge on any atom is 0.325 e. The number of ketones is 1. The van der Waals surface area contributed by atoms with Crippen molar-refractivity contribution >= 4 is 17.7 Å². The van der Waals surface area contributed by atoms with Crippen molar-refractivity contribution in [3.8, 4) is 0 Å². The zero-order chi connectivity index (χ0) is 15.3. The highest BCUT2D eigenvalue weighted by Crippen LogP contribution is 2.32. The number of amides is 3. The van der Waals surface area contributed by atoms with E-state index in [1.54, 1.807) is 6.92 Å². The van der Waals surface area contributed by atoms with Crippen molar-refractivity contribution in [3.05, 3.63) is 0 Å². The molecular formula is C16H26N2O3. The summed E-state index contributed by atoms with van der Waals surface area (Å²) < 4.78 is 0. The van der Waals surface area contributed by atoms with Crippen LogP contribution in [0.3, 0.4) is 0 Å². The summed E-state index contributed by atoms with van der Waals surface area (Å²) >= 11 is 0. The van der Waals surface area contributed by atoms with E-state index in [0.717, 1.165) is 44.9 Å². The fraction of sp³-hybridized carbons (Fsp3) is 0.812. The van der Waals surface area contributed by atoms with E-state index in [1.807, 2.05) is 0 Å². The first-order valence-electron chi connectivity index (χ1n) is 8.19. The minimum Gasteiger partial charge on any atom is -0.323 e. The number of imide groups is 1. The highest BCUT2D eigenvalue weighted by atomic mass is 16.2. The van der Waals surface area contributed by atoms with Crippen LogP contribution in [0.15, 0.2) is 0 Å². The number of nitrogens with one attached hydrogen (secondary N) is 1. The number of hydrogen-bond donors (Lipinski definition) is 1. The van der Waals surface area contributed by atoms with Crippen molar-refractivity contribution in [2.75, 3.05) is 6.54 Å². The Hall–Kier alpha value is -1.39. The SMILES string of the molecule is CC(=O)CCCCN1C(=O)NC2(CCCCCCC2)C1=O. The standard InChI is InChI=1S/C16H26N2O3/c1-13(19)9-5-8-12-18-14(20)16(17-15(18)21)10-6-3-2-4-7-11-16/h2-12H2,1H3,(H,17,21). The number of unbranched alkanes of at least 4 members (excludes halogenated alkanes) is 1. The Morgan fingerprint density at radius 3 is 2.33 bits per heavy atom. The molecule has 0 unspecified atom stereocenters. The van der Waals surface area contributed by atoms with Crippen LogP contribution in [0.5, 0.6) is 0 Å². The molecule has 5 heteroatoms. The number of hydrogen-bond acceptors (Lipinski definition) is 3. The Kier molecular flexibility index (Phi) is 5.37. The summed E-state index contributed by atoms with van der Waals surface area (Å²) in [6, 6.07) is -0.247. The maximum atomic E-state index is 12.7. The van der Waals surface area contributed by atoms with E-state index in [4.69, 9.17) is 0 Å². The Morgan fingerprint density at radius 2 is 1.71 bits per heavy atom. The fourth-order valence-electron chi connectivity index (χ4n) is 3.37. The molecule has 1 aliphatic carbocycles. The molecule has 0 radical (unpaired) electrons. The summed E-state index contributed by atoms with van der Waals surface area (Å²) in [5.74, 6) is 0.112. The molecule has 1 aliphatic heterocycles. The minimum absolute atomic E-state index is 0.0442. The average molecular weight is 294 g/mol. The van der Waals surface area contributed by atoms with Crippen molar-refractivity contribution in [2.45, 2.75) is 76.7 Å². The van der Waals surface area contributed by atoms with Gasteiger partial charge >= 0.3 is 6.03 Å². The molecule has 1 saturated carbocycles. The van der Waals surface area contributed by atoms with Crippen molar-refractivity contribution in [1.29, 1.82) is 0 Å². The van der Waals surface area contributed by atoms with Gasteiger partial charge in [0, 0.05) is 13.0 Å². The van der Waals surface area contributed by atoms with E-state index >= 15 is 0 Å². The third-order valence-corrected chi connectivity index (χ3v) is 4.61. The van der Waals surface area contributed by atoms with Gasteiger partial charge < -0.3 is 10.1 Å². The number of rotatable bonds is 5. The monoisotopic (exact) mass is 294 g/mol. The highest BCUT2D eigenvalue weighted by molar-refractivity contribution is 6.07. The van der Waals surface area contributed by atoms with E-state index in [0.29, 0.717) is 19.4 Å². The van der Waals surface area contributed by atoms with Crippen LogP contribution in [0.1, 0.15) is 71.1 Å². The molecule has 0 aromatic carbocycles. The molecule has 0 atom stereocenters. The first-order chi connectivity index (χ1) is 10.1. The largest absolute Gasteiger partial charge is 0.325 e. The molecule has 0 aromatic heterocycles. The average Bonchev–Trinajstić information content (AvgIpc) is 2.63. The van der Waals surface area contributed by atoms with Crippen molar-refractivity contribution < 1.29 is 14.4 Å². The minimum atomic E-state index is -0.641. The van der Waals surface area contributed by atoms with Gasteiger partial charge in [0.05, 0.1) is 0 Å². The van der Waals surface area contributed by atoms with Crippen LogP contribution < -0.4 is 5.32 Å². The van der Waals surface area contributed by atoms with Crippen LogP contribution >= 0.6 is 0 Å². The molecule has 1 N–H and O–H groups in total. The predicted octanol–water partition coefficient (Wildman–Crippen LogP) is 2.78. The molecular weight excluding hydrogens is 268 g/mol. The van der Waals surface area contributed by atoms with Gasteiger partial charge in [-0.1, -0.05) is 32.1 Å². The second-order valence-corrected chi connectivity index (χ2v) is 6.40. The first-order valence-corrected chi connectivity index (χ1v) is 8.19. The number of carbonyl (C=O) groups excluding carboxylic acids is 3. The van der Waals surface area contributed by atoms with E-state index in [1.165, 1.54) is 11.3 Å². The summed E-state index contributed by atoms with van der Waals surface area (Å²) in [5, 5.41) is 2.96. The molecule has 0 aromatic rings. The second kappa shape index (κ2) is 7.05. The quantitative estimate of drug-likeness (QED) is 0.626. The third-order valence-electron chi connectivity index (χ3n) is 4.61. The van der Waals surface area contributed by atoms with Gasteiger partial charge in [-0.05, 0) is 32.6 Å². The van der Waals surface area contributed by atoms with E-state index in [9.17, 15) is 14.4 Å². The molecule has 118 valence electrons. The van der Waals surface area contributed by atoms with Gasteiger partial charge in [0.25, 0.3) is 5.91 Å². The van der Waals surface area contributed by atoms with Gasteiger partial charge in [-0.2, -0.15) is 0 Å². The summed E-state index contributed by atoms with van der Waals surface area (Å²) in [6.45, 7) is 2.00. The lowest BCUT2D eigenvalue weighted by Gasteiger charge is -2.28. The summed E-state index contributed by atoms with van der Waals surface area (Å²) in [6.07, 6.45) is 9.01. The molecule has 0 bridgehead atoms. The molecule has 3 amide bonds. The van der Waals surface area contributed by atoms with Crippen LogP contribution in [0, 0.1) is 0 Å². The lowest BCUT2D eigenvalue weighted by Crippen LogP contribution is -2.47. The number of urea groups is 1. The lowest BCUT2D eigenvalue weighted by atomic mass is 9.84. The number of nitrogens with zero attached hydrogens (tertiary/aromatic N) is 1. The Bertz CT molecular complexity index is 412. The normalized spacial score (nSPS) is 22.0. The maximum absolute atomic E-state index is 12.7. The van der Waals surface area contributed by atoms with Crippen molar-refractivity contribution in [1.82, 2.24) is 10.2 Å². The van der Waals surface area contributed by atoms with Crippen molar-refractivity contribution in [2.24, 2.45) is 0 Å². The van der Waals surface area contributed by atoms with Crippen LogP contribution in [0.4, 0.5) is 4.79 Å². The van der Waals surface area contributed by atoms with Gasteiger partial charge in [0.1, 0.15) is 11.3 Å². The van der Waals surface area contributed by atoms with E-state index in [2.05, 4.69) is 5.32 Å². The van der Waals surface area contributed by atoms with Crippen LogP contribution in [0.2, 0.25) is 0 Å². The molecule has 21 heavy (non-hydrogen) atoms.